The van der Waals surface area contributed by atoms with Gasteiger partial charge in [0, 0.05) is 19.6 Å². The molecule has 1 atom stereocenters. The van der Waals surface area contributed by atoms with Crippen molar-refractivity contribution in [2.75, 3.05) is 27.2 Å². The number of aromatic carboxylic acids is 1. The van der Waals surface area contributed by atoms with Gasteiger partial charge in [-0.15, -0.1) is 0 Å². The average Bonchev–Trinajstić information content (AvgIpc) is 2.86. The smallest absolute Gasteiger partial charge is 0.354 e. The van der Waals surface area contributed by atoms with Crippen molar-refractivity contribution in [3.8, 4) is 0 Å². The first-order valence-electron chi connectivity index (χ1n) is 6.23. The largest absolute Gasteiger partial charge is 0.477 e. The van der Waals surface area contributed by atoms with Crippen molar-refractivity contribution in [1.82, 2.24) is 19.8 Å². The fourth-order valence-corrected chi connectivity index (χ4v) is 2.41. The molecule has 1 amide bonds. The van der Waals surface area contributed by atoms with E-state index in [2.05, 4.69) is 14.9 Å². The van der Waals surface area contributed by atoms with Gasteiger partial charge in [0.25, 0.3) is 5.91 Å². The highest BCUT2D eigenvalue weighted by molar-refractivity contribution is 6.02. The van der Waals surface area contributed by atoms with E-state index in [9.17, 15) is 9.59 Å². The number of likely N-dealkylation sites (N-methyl/N-ethyl adjacent to an activating group) is 2. The Morgan fingerprint density at radius 2 is 2.32 bits per heavy atom. The van der Waals surface area contributed by atoms with Gasteiger partial charge in [0.05, 0.1) is 6.33 Å². The van der Waals surface area contributed by atoms with Crippen molar-refractivity contribution in [3.05, 3.63) is 17.7 Å². The standard InChI is InChI=1S/C12H18N4O3/c1-15-5-3-4-8(6-15)16(2)11(17)9-10(12(18)19)14-7-13-9/h7-8H,3-6H2,1-2H3,(H,13,14)(H,18,19). The van der Waals surface area contributed by atoms with E-state index in [0.29, 0.717) is 0 Å². The number of carbonyl (C=O) groups is 2. The van der Waals surface area contributed by atoms with Crippen LogP contribution in [0.25, 0.3) is 0 Å². The Labute approximate surface area is 111 Å². The Hall–Kier alpha value is -1.89. The lowest BCUT2D eigenvalue weighted by Crippen LogP contribution is -2.47. The van der Waals surface area contributed by atoms with Gasteiger partial charge in [0.1, 0.15) is 0 Å². The lowest BCUT2D eigenvalue weighted by molar-refractivity contribution is 0.0615. The van der Waals surface area contributed by atoms with E-state index in [1.54, 1.807) is 11.9 Å². The molecule has 7 heteroatoms. The van der Waals surface area contributed by atoms with Crippen molar-refractivity contribution in [1.29, 1.82) is 0 Å². The fourth-order valence-electron chi connectivity index (χ4n) is 2.41. The van der Waals surface area contributed by atoms with E-state index in [-0.39, 0.29) is 23.3 Å². The number of aromatic nitrogens is 2. The van der Waals surface area contributed by atoms with Crippen LogP contribution in [0.4, 0.5) is 0 Å². The summed E-state index contributed by atoms with van der Waals surface area (Å²) in [6.45, 7) is 1.83. The van der Waals surface area contributed by atoms with E-state index in [0.717, 1.165) is 25.9 Å². The third kappa shape index (κ3) is 2.76. The van der Waals surface area contributed by atoms with Gasteiger partial charge in [-0.05, 0) is 26.4 Å². The number of nitrogens with one attached hydrogen (secondary N) is 1. The lowest BCUT2D eigenvalue weighted by Gasteiger charge is -2.35. The van der Waals surface area contributed by atoms with Crippen molar-refractivity contribution >= 4 is 11.9 Å². The maximum atomic E-state index is 12.3. The van der Waals surface area contributed by atoms with Crippen LogP contribution in [-0.2, 0) is 0 Å². The molecule has 1 aliphatic heterocycles. The molecule has 104 valence electrons. The number of hydrogen-bond donors (Lipinski definition) is 2. The second-order valence-electron chi connectivity index (χ2n) is 4.91. The lowest BCUT2D eigenvalue weighted by atomic mass is 10.0. The normalized spacial score (nSPS) is 20.2. The first-order chi connectivity index (χ1) is 9.00. The summed E-state index contributed by atoms with van der Waals surface area (Å²) in [5.74, 6) is -1.52. The van der Waals surface area contributed by atoms with Crippen LogP contribution >= 0.6 is 0 Å². The first-order valence-corrected chi connectivity index (χ1v) is 6.23. The van der Waals surface area contributed by atoms with Crippen molar-refractivity contribution < 1.29 is 14.7 Å². The molecule has 0 saturated carbocycles. The molecule has 1 aliphatic rings. The van der Waals surface area contributed by atoms with Crippen LogP contribution < -0.4 is 0 Å². The number of piperidine rings is 1. The van der Waals surface area contributed by atoms with Crippen molar-refractivity contribution in [2.45, 2.75) is 18.9 Å². The molecule has 0 aliphatic carbocycles. The summed E-state index contributed by atoms with van der Waals surface area (Å²) in [6, 6.07) is 0.101. The van der Waals surface area contributed by atoms with E-state index in [1.807, 2.05) is 7.05 Å². The van der Waals surface area contributed by atoms with Crippen LogP contribution in [0.15, 0.2) is 6.33 Å². The van der Waals surface area contributed by atoms with Gasteiger partial charge < -0.3 is 19.9 Å². The molecule has 1 aromatic heterocycles. The number of carbonyl (C=O) groups excluding carboxylic acids is 1. The van der Waals surface area contributed by atoms with Gasteiger partial charge in [-0.2, -0.15) is 0 Å². The molecule has 1 unspecified atom stereocenters. The molecule has 0 spiro atoms. The topological polar surface area (TPSA) is 89.5 Å². The van der Waals surface area contributed by atoms with Gasteiger partial charge in [0.2, 0.25) is 0 Å². The molecule has 2 rings (SSSR count). The quantitative estimate of drug-likeness (QED) is 0.820. The SMILES string of the molecule is CN1CCCC(N(C)C(=O)c2nc[nH]c2C(=O)O)C1. The molecule has 2 heterocycles. The zero-order valence-corrected chi connectivity index (χ0v) is 11.1. The third-order valence-corrected chi connectivity index (χ3v) is 3.52. The maximum Gasteiger partial charge on any atom is 0.354 e. The molecule has 1 fully saturated rings. The van der Waals surface area contributed by atoms with Gasteiger partial charge in [-0.25, -0.2) is 9.78 Å². The van der Waals surface area contributed by atoms with E-state index in [1.165, 1.54) is 6.33 Å². The zero-order valence-electron chi connectivity index (χ0n) is 11.1. The van der Waals surface area contributed by atoms with Crippen LogP contribution in [0.1, 0.15) is 33.8 Å². The summed E-state index contributed by atoms with van der Waals surface area (Å²) in [6.07, 6.45) is 3.20. The molecule has 2 N–H and O–H groups in total. The molecule has 1 saturated heterocycles. The molecule has 1 aromatic rings. The maximum absolute atomic E-state index is 12.3. The fraction of sp³-hybridized carbons (Fsp3) is 0.583. The number of nitrogens with zero attached hydrogens (tertiary/aromatic N) is 3. The highest BCUT2D eigenvalue weighted by atomic mass is 16.4. The summed E-state index contributed by atoms with van der Waals surface area (Å²) in [5, 5.41) is 8.99. The highest BCUT2D eigenvalue weighted by Gasteiger charge is 2.29. The summed E-state index contributed by atoms with van der Waals surface area (Å²) in [7, 11) is 3.72. The van der Waals surface area contributed by atoms with Gasteiger partial charge in [0.15, 0.2) is 11.4 Å². The number of imidazole rings is 1. The summed E-state index contributed by atoms with van der Waals surface area (Å²) < 4.78 is 0. The molecule has 0 radical (unpaired) electrons. The van der Waals surface area contributed by atoms with Crippen LogP contribution in [0.5, 0.6) is 0 Å². The molecular weight excluding hydrogens is 248 g/mol. The van der Waals surface area contributed by atoms with Crippen LogP contribution in [0.3, 0.4) is 0 Å². The first kappa shape index (κ1) is 13.5. The Morgan fingerprint density at radius 1 is 1.58 bits per heavy atom. The van der Waals surface area contributed by atoms with Crippen molar-refractivity contribution in [2.24, 2.45) is 0 Å². The van der Waals surface area contributed by atoms with Gasteiger partial charge in [-0.3, -0.25) is 4.79 Å². The number of rotatable bonds is 3. The van der Waals surface area contributed by atoms with Gasteiger partial charge in [-0.1, -0.05) is 0 Å². The Bertz CT molecular complexity index is 485. The molecule has 0 aromatic carbocycles. The second-order valence-corrected chi connectivity index (χ2v) is 4.91. The molecular formula is C12H18N4O3. The minimum absolute atomic E-state index is 0.0248. The Kier molecular flexibility index (Phi) is 3.84. The number of likely N-dealkylation sites (tertiary alicyclic amines) is 1. The van der Waals surface area contributed by atoms with Crippen LogP contribution in [-0.4, -0.2) is 70.0 Å². The van der Waals surface area contributed by atoms with Gasteiger partial charge >= 0.3 is 5.97 Å². The molecule has 7 nitrogen and oxygen atoms in total. The number of H-pyrrole nitrogens is 1. The molecule has 0 bridgehead atoms. The Balaban J connectivity index is 2.14. The number of carboxylic acid groups (broad SMARTS) is 1. The number of hydrogen-bond acceptors (Lipinski definition) is 4. The number of aromatic amines is 1. The third-order valence-electron chi connectivity index (χ3n) is 3.52. The zero-order chi connectivity index (χ0) is 14.0. The van der Waals surface area contributed by atoms with Crippen LogP contribution in [0.2, 0.25) is 0 Å². The summed E-state index contributed by atoms with van der Waals surface area (Å²) in [5.41, 5.74) is -0.177. The van der Waals surface area contributed by atoms with E-state index < -0.39 is 5.97 Å². The predicted octanol–water partition coefficient (Wildman–Crippen LogP) is 0.274. The van der Waals surface area contributed by atoms with E-state index >= 15 is 0 Å². The predicted molar refractivity (Wildman–Crippen MR) is 68.2 cm³/mol. The minimum atomic E-state index is -1.17. The summed E-state index contributed by atoms with van der Waals surface area (Å²) >= 11 is 0. The van der Waals surface area contributed by atoms with E-state index in [4.69, 9.17) is 5.11 Å². The minimum Gasteiger partial charge on any atom is -0.477 e. The average molecular weight is 266 g/mol. The van der Waals surface area contributed by atoms with Crippen LogP contribution in [0, 0.1) is 0 Å². The Morgan fingerprint density at radius 3 is 2.95 bits per heavy atom. The van der Waals surface area contributed by atoms with Crippen molar-refractivity contribution in [3.63, 3.8) is 0 Å². The molecule has 19 heavy (non-hydrogen) atoms. The number of carboxylic acids is 1. The summed E-state index contributed by atoms with van der Waals surface area (Å²) in [4.78, 5) is 33.4. The second kappa shape index (κ2) is 5.40. The monoisotopic (exact) mass is 266 g/mol. The number of amides is 1. The highest BCUT2D eigenvalue weighted by Crippen LogP contribution is 2.16.